The molecular formula is C16H19NO. The summed E-state index contributed by atoms with van der Waals surface area (Å²) in [5.74, 6) is 1.27. The van der Waals surface area contributed by atoms with Crippen LogP contribution in [0.3, 0.4) is 0 Å². The fourth-order valence-electron chi connectivity index (χ4n) is 3.29. The first kappa shape index (κ1) is 11.7. The van der Waals surface area contributed by atoms with Crippen LogP contribution in [0.25, 0.3) is 5.57 Å². The predicted molar refractivity (Wildman–Crippen MR) is 73.3 cm³/mol. The molecule has 0 radical (unpaired) electrons. The number of fused-ring (bicyclic) bond motifs is 1. The maximum absolute atomic E-state index is 11.3. The molecule has 3 rings (SSSR count). The summed E-state index contributed by atoms with van der Waals surface area (Å²) in [5, 5.41) is 3.41. The van der Waals surface area contributed by atoms with E-state index < -0.39 is 0 Å². The molecule has 1 aromatic carbocycles. The van der Waals surface area contributed by atoms with Gasteiger partial charge in [-0.25, -0.2) is 0 Å². The zero-order valence-corrected chi connectivity index (χ0v) is 10.6. The van der Waals surface area contributed by atoms with Crippen LogP contribution in [0.2, 0.25) is 0 Å². The lowest BCUT2D eigenvalue weighted by Crippen LogP contribution is -2.32. The molecule has 1 atom stereocenters. The summed E-state index contributed by atoms with van der Waals surface area (Å²) >= 11 is 0. The molecule has 1 aromatic rings. The topological polar surface area (TPSA) is 29.1 Å². The summed E-state index contributed by atoms with van der Waals surface area (Å²) in [6.45, 7) is 2.24. The molecule has 0 bridgehead atoms. The molecule has 1 aliphatic carbocycles. The molecule has 2 aliphatic rings. The molecule has 1 N–H and O–H groups in total. The number of hydrogen-bond acceptors (Lipinski definition) is 2. The Morgan fingerprint density at radius 1 is 1.17 bits per heavy atom. The van der Waals surface area contributed by atoms with E-state index in [1.54, 1.807) is 0 Å². The van der Waals surface area contributed by atoms with Crippen LogP contribution in [0.4, 0.5) is 0 Å². The van der Waals surface area contributed by atoms with Gasteiger partial charge in [-0.3, -0.25) is 4.79 Å². The fourth-order valence-corrected chi connectivity index (χ4v) is 3.29. The van der Waals surface area contributed by atoms with E-state index in [2.05, 4.69) is 29.6 Å². The van der Waals surface area contributed by atoms with E-state index in [0.29, 0.717) is 5.92 Å². The van der Waals surface area contributed by atoms with Gasteiger partial charge < -0.3 is 5.32 Å². The highest BCUT2D eigenvalue weighted by Gasteiger charge is 2.26. The van der Waals surface area contributed by atoms with Gasteiger partial charge in [0, 0.05) is 5.57 Å². The number of nitrogens with one attached hydrogen (secondary N) is 1. The number of aldehydes is 1. The highest BCUT2D eigenvalue weighted by atomic mass is 16.1. The summed E-state index contributed by atoms with van der Waals surface area (Å²) in [7, 11) is 0. The van der Waals surface area contributed by atoms with Crippen LogP contribution in [0, 0.1) is 11.8 Å². The normalized spacial score (nSPS) is 24.2. The quantitative estimate of drug-likeness (QED) is 0.806. The number of rotatable bonds is 2. The van der Waals surface area contributed by atoms with E-state index in [4.69, 9.17) is 0 Å². The molecule has 2 nitrogen and oxygen atoms in total. The van der Waals surface area contributed by atoms with Crippen LogP contribution in [-0.4, -0.2) is 19.4 Å². The average molecular weight is 241 g/mol. The lowest BCUT2D eigenvalue weighted by atomic mass is 9.75. The lowest BCUT2D eigenvalue weighted by Gasteiger charge is -2.32. The number of carbonyl (C=O) groups excluding carboxylic acids is 1. The van der Waals surface area contributed by atoms with E-state index in [9.17, 15) is 4.79 Å². The van der Waals surface area contributed by atoms with Crippen molar-refractivity contribution in [2.24, 2.45) is 11.8 Å². The standard InChI is InChI=1S/C16H19NO/c18-11-15-10-14(12-5-7-17-8-6-12)9-13-3-1-2-4-16(13)15/h1-4,10-12,14,17H,5-9H2. The predicted octanol–water partition coefficient (Wildman–Crippen LogP) is 2.44. The first-order valence-corrected chi connectivity index (χ1v) is 6.84. The van der Waals surface area contributed by atoms with Crippen LogP contribution in [-0.2, 0) is 11.2 Å². The maximum atomic E-state index is 11.3. The van der Waals surface area contributed by atoms with Gasteiger partial charge in [0.2, 0.25) is 0 Å². The Morgan fingerprint density at radius 3 is 2.72 bits per heavy atom. The van der Waals surface area contributed by atoms with Crippen LogP contribution in [0.5, 0.6) is 0 Å². The van der Waals surface area contributed by atoms with Gasteiger partial charge in [-0.05, 0) is 55.3 Å². The second kappa shape index (κ2) is 5.07. The molecule has 1 heterocycles. The van der Waals surface area contributed by atoms with Crippen molar-refractivity contribution in [3.8, 4) is 0 Å². The van der Waals surface area contributed by atoms with Gasteiger partial charge in [0.05, 0.1) is 0 Å². The molecule has 1 saturated heterocycles. The number of allylic oxidation sites excluding steroid dienone is 2. The molecule has 2 heteroatoms. The molecule has 18 heavy (non-hydrogen) atoms. The number of carbonyl (C=O) groups is 1. The van der Waals surface area contributed by atoms with Crippen LogP contribution in [0.1, 0.15) is 24.0 Å². The van der Waals surface area contributed by atoms with E-state index in [-0.39, 0.29) is 0 Å². The van der Waals surface area contributed by atoms with Crippen molar-refractivity contribution in [3.63, 3.8) is 0 Å². The third-order valence-corrected chi connectivity index (χ3v) is 4.29. The van der Waals surface area contributed by atoms with Crippen LogP contribution >= 0.6 is 0 Å². The molecular weight excluding hydrogens is 222 g/mol. The Bertz CT molecular complexity index is 472. The van der Waals surface area contributed by atoms with Gasteiger partial charge in [-0.15, -0.1) is 0 Å². The van der Waals surface area contributed by atoms with Crippen molar-refractivity contribution >= 4 is 11.9 Å². The van der Waals surface area contributed by atoms with E-state index in [1.807, 2.05) is 6.07 Å². The second-order valence-corrected chi connectivity index (χ2v) is 5.35. The highest BCUT2D eigenvalue weighted by molar-refractivity contribution is 6.08. The smallest absolute Gasteiger partial charge is 0.150 e. The Balaban J connectivity index is 1.89. The Hall–Kier alpha value is -1.41. The number of benzene rings is 1. The molecule has 0 aromatic heterocycles. The van der Waals surface area contributed by atoms with Crippen molar-refractivity contribution in [2.45, 2.75) is 19.3 Å². The minimum absolute atomic E-state index is 0.544. The van der Waals surface area contributed by atoms with Gasteiger partial charge >= 0.3 is 0 Å². The summed E-state index contributed by atoms with van der Waals surface area (Å²) in [4.78, 5) is 11.3. The van der Waals surface area contributed by atoms with Crippen molar-refractivity contribution in [3.05, 3.63) is 41.5 Å². The van der Waals surface area contributed by atoms with Gasteiger partial charge in [0.15, 0.2) is 0 Å². The highest BCUT2D eigenvalue weighted by Crippen LogP contribution is 2.34. The summed E-state index contributed by atoms with van der Waals surface area (Å²) in [5.41, 5.74) is 3.36. The van der Waals surface area contributed by atoms with Gasteiger partial charge in [0.25, 0.3) is 0 Å². The van der Waals surface area contributed by atoms with Gasteiger partial charge in [-0.2, -0.15) is 0 Å². The zero-order chi connectivity index (χ0) is 12.4. The first-order chi connectivity index (χ1) is 8.88. The molecule has 94 valence electrons. The maximum Gasteiger partial charge on any atom is 0.150 e. The van der Waals surface area contributed by atoms with Crippen molar-refractivity contribution in [1.29, 1.82) is 0 Å². The van der Waals surface area contributed by atoms with Crippen molar-refractivity contribution < 1.29 is 4.79 Å². The molecule has 1 fully saturated rings. The Labute approximate surface area is 108 Å². The molecule has 1 unspecified atom stereocenters. The van der Waals surface area contributed by atoms with Crippen LogP contribution < -0.4 is 5.32 Å². The molecule has 0 amide bonds. The zero-order valence-electron chi connectivity index (χ0n) is 10.6. The summed E-state index contributed by atoms with van der Waals surface area (Å²) < 4.78 is 0. The van der Waals surface area contributed by atoms with E-state index in [1.165, 1.54) is 18.4 Å². The monoisotopic (exact) mass is 241 g/mol. The summed E-state index contributed by atoms with van der Waals surface area (Å²) in [6, 6.07) is 8.32. The summed E-state index contributed by atoms with van der Waals surface area (Å²) in [6.07, 6.45) is 6.79. The SMILES string of the molecule is O=CC1=CC(C2CCNCC2)Cc2ccccc21. The largest absolute Gasteiger partial charge is 0.317 e. The Morgan fingerprint density at radius 2 is 1.94 bits per heavy atom. The number of hydrogen-bond donors (Lipinski definition) is 1. The Kier molecular flexibility index (Phi) is 3.28. The lowest BCUT2D eigenvalue weighted by molar-refractivity contribution is -0.103. The van der Waals surface area contributed by atoms with Gasteiger partial charge in [-0.1, -0.05) is 30.3 Å². The number of piperidine rings is 1. The van der Waals surface area contributed by atoms with E-state index >= 15 is 0 Å². The average Bonchev–Trinajstić information content (AvgIpc) is 2.47. The molecule has 0 saturated carbocycles. The fraction of sp³-hybridized carbons (Fsp3) is 0.438. The van der Waals surface area contributed by atoms with Crippen LogP contribution in [0.15, 0.2) is 30.3 Å². The minimum Gasteiger partial charge on any atom is -0.317 e. The second-order valence-electron chi connectivity index (χ2n) is 5.35. The third kappa shape index (κ3) is 2.13. The van der Waals surface area contributed by atoms with Crippen molar-refractivity contribution in [2.75, 3.05) is 13.1 Å². The third-order valence-electron chi connectivity index (χ3n) is 4.29. The first-order valence-electron chi connectivity index (χ1n) is 6.84. The van der Waals surface area contributed by atoms with Crippen molar-refractivity contribution in [1.82, 2.24) is 5.32 Å². The van der Waals surface area contributed by atoms with E-state index in [0.717, 1.165) is 42.9 Å². The van der Waals surface area contributed by atoms with Gasteiger partial charge in [0.1, 0.15) is 6.29 Å². The molecule has 0 spiro atoms. The minimum atomic E-state index is 0.544. The molecule has 1 aliphatic heterocycles.